The highest BCUT2D eigenvalue weighted by Crippen LogP contribution is 2.31. The number of fused-ring (bicyclic) bond motifs is 1. The minimum atomic E-state index is -0.776. The molecule has 0 spiro atoms. The van der Waals surface area contributed by atoms with Gasteiger partial charge in [-0.05, 0) is 42.2 Å². The van der Waals surface area contributed by atoms with Crippen LogP contribution in [0.1, 0.15) is 42.9 Å². The van der Waals surface area contributed by atoms with Gasteiger partial charge in [-0.25, -0.2) is 4.39 Å². The minimum Gasteiger partial charge on any atom is -0.486 e. The summed E-state index contributed by atoms with van der Waals surface area (Å²) < 4.78 is 26.0. The summed E-state index contributed by atoms with van der Waals surface area (Å²) >= 11 is 0. The average molecular weight is 519 g/mol. The van der Waals surface area contributed by atoms with Crippen LogP contribution in [0.2, 0.25) is 0 Å². The van der Waals surface area contributed by atoms with E-state index in [4.69, 9.17) is 9.47 Å². The van der Waals surface area contributed by atoms with Crippen molar-refractivity contribution in [1.29, 1.82) is 0 Å². The molecule has 3 aromatic rings. The lowest BCUT2D eigenvalue weighted by Crippen LogP contribution is -2.50. The molecular weight excluding hydrogens is 483 g/mol. The van der Waals surface area contributed by atoms with E-state index in [1.165, 1.54) is 11.0 Å². The molecule has 1 N–H and O–H groups in total. The van der Waals surface area contributed by atoms with E-state index in [1.807, 2.05) is 48.5 Å². The second kappa shape index (κ2) is 13.6. The fourth-order valence-electron chi connectivity index (χ4n) is 4.51. The van der Waals surface area contributed by atoms with Gasteiger partial charge in [0, 0.05) is 31.5 Å². The molecule has 0 fully saturated rings. The summed E-state index contributed by atoms with van der Waals surface area (Å²) in [7, 11) is 0. The van der Waals surface area contributed by atoms with Crippen LogP contribution in [-0.4, -0.2) is 42.5 Å². The van der Waals surface area contributed by atoms with E-state index in [0.29, 0.717) is 49.7 Å². The van der Waals surface area contributed by atoms with Crippen LogP contribution in [-0.2, 0) is 29.0 Å². The van der Waals surface area contributed by atoms with Gasteiger partial charge >= 0.3 is 0 Å². The Morgan fingerprint density at radius 3 is 2.45 bits per heavy atom. The van der Waals surface area contributed by atoms with Crippen molar-refractivity contribution in [3.63, 3.8) is 0 Å². The Morgan fingerprint density at radius 2 is 1.68 bits per heavy atom. The molecule has 1 aliphatic rings. The zero-order valence-electron chi connectivity index (χ0n) is 21.8. The number of carbonyl (C=O) groups is 2. The Kier molecular flexibility index (Phi) is 9.73. The molecule has 7 heteroatoms. The smallest absolute Gasteiger partial charge is 0.243 e. The van der Waals surface area contributed by atoms with Gasteiger partial charge in [0.25, 0.3) is 0 Å². The number of carbonyl (C=O) groups excluding carboxylic acids is 2. The zero-order valence-corrected chi connectivity index (χ0v) is 21.8. The number of nitrogens with one attached hydrogen (secondary N) is 1. The molecule has 1 atom stereocenters. The van der Waals surface area contributed by atoms with Gasteiger partial charge in [0.2, 0.25) is 11.8 Å². The van der Waals surface area contributed by atoms with Gasteiger partial charge < -0.3 is 19.7 Å². The third-order valence-corrected chi connectivity index (χ3v) is 6.63. The van der Waals surface area contributed by atoms with Crippen LogP contribution in [0, 0.1) is 5.82 Å². The van der Waals surface area contributed by atoms with Crippen molar-refractivity contribution in [2.45, 2.75) is 51.6 Å². The number of nitrogens with zero attached hydrogens (tertiary/aromatic N) is 1. The largest absolute Gasteiger partial charge is 0.486 e. The molecule has 0 saturated heterocycles. The number of benzene rings is 3. The average Bonchev–Trinajstić information content (AvgIpc) is 2.95. The predicted octanol–water partition coefficient (Wildman–Crippen LogP) is 5.09. The summed E-state index contributed by atoms with van der Waals surface area (Å²) in [6, 6.07) is 20.9. The van der Waals surface area contributed by atoms with Crippen LogP contribution in [0.15, 0.2) is 72.8 Å². The molecule has 1 unspecified atom stereocenters. The lowest BCUT2D eigenvalue weighted by Gasteiger charge is -2.32. The molecule has 0 saturated carbocycles. The predicted molar refractivity (Wildman–Crippen MR) is 145 cm³/mol. The quantitative estimate of drug-likeness (QED) is 0.340. The molecule has 1 aliphatic heterocycles. The Balaban J connectivity index is 1.58. The Labute approximate surface area is 223 Å². The molecule has 2 amide bonds. The lowest BCUT2D eigenvalue weighted by atomic mass is 10.0. The van der Waals surface area contributed by atoms with Crippen molar-refractivity contribution < 1.29 is 23.5 Å². The van der Waals surface area contributed by atoms with E-state index in [1.54, 1.807) is 18.2 Å². The van der Waals surface area contributed by atoms with Gasteiger partial charge in [0.15, 0.2) is 11.5 Å². The second-order valence-corrected chi connectivity index (χ2v) is 9.44. The molecule has 0 bridgehead atoms. The number of halogens is 1. The zero-order chi connectivity index (χ0) is 26.7. The summed E-state index contributed by atoms with van der Waals surface area (Å²) in [4.78, 5) is 28.7. The number of hydrogen-bond donors (Lipinski definition) is 1. The molecule has 6 nitrogen and oxygen atoms in total. The highest BCUT2D eigenvalue weighted by atomic mass is 19.1. The number of ether oxygens (including phenoxy) is 2. The summed E-state index contributed by atoms with van der Waals surface area (Å²) in [6.45, 7) is 3.59. The van der Waals surface area contributed by atoms with E-state index >= 15 is 0 Å². The van der Waals surface area contributed by atoms with Crippen LogP contribution in [0.3, 0.4) is 0 Å². The molecule has 0 radical (unpaired) electrons. The monoisotopic (exact) mass is 518 g/mol. The Morgan fingerprint density at radius 1 is 0.947 bits per heavy atom. The van der Waals surface area contributed by atoms with Crippen molar-refractivity contribution in [3.8, 4) is 11.5 Å². The van der Waals surface area contributed by atoms with Gasteiger partial charge in [0.05, 0.1) is 0 Å². The fourth-order valence-corrected chi connectivity index (χ4v) is 4.51. The third-order valence-electron chi connectivity index (χ3n) is 6.63. The molecular formula is C31H35FN2O4. The molecule has 3 aromatic carbocycles. The van der Waals surface area contributed by atoms with E-state index in [0.717, 1.165) is 24.0 Å². The number of amides is 2. The number of aryl methyl sites for hydroxylation is 1. The molecule has 38 heavy (non-hydrogen) atoms. The topological polar surface area (TPSA) is 67.9 Å². The van der Waals surface area contributed by atoms with Gasteiger partial charge in [-0.3, -0.25) is 9.59 Å². The van der Waals surface area contributed by atoms with Crippen molar-refractivity contribution in [2.75, 3.05) is 19.8 Å². The van der Waals surface area contributed by atoms with E-state index in [9.17, 15) is 14.0 Å². The molecule has 4 rings (SSSR count). The van der Waals surface area contributed by atoms with E-state index in [2.05, 4.69) is 12.2 Å². The molecule has 0 aromatic heterocycles. The van der Waals surface area contributed by atoms with E-state index < -0.39 is 11.9 Å². The maximum absolute atomic E-state index is 14.7. The number of unbranched alkanes of at least 4 members (excludes halogenated alkanes) is 1. The maximum atomic E-state index is 14.7. The van der Waals surface area contributed by atoms with Crippen LogP contribution in [0.5, 0.6) is 11.5 Å². The first-order valence-corrected chi connectivity index (χ1v) is 13.3. The van der Waals surface area contributed by atoms with Crippen molar-refractivity contribution in [2.24, 2.45) is 0 Å². The standard InChI is InChI=1S/C31H35FN2O4/c1-2-3-17-33-31(36)27(20-23-9-5-4-6-10-23)34(22-25-11-7-8-12-26(25)32)30(35)16-14-24-13-15-28-29(21-24)38-19-18-37-28/h4-13,15,21,27H,2-3,14,16-20,22H2,1H3,(H,33,36). The Hall–Kier alpha value is -3.87. The SMILES string of the molecule is CCCCNC(=O)C(Cc1ccccc1)N(Cc1ccccc1F)C(=O)CCc1ccc2c(c1)OCCO2. The fraction of sp³-hybridized carbons (Fsp3) is 0.355. The van der Waals surface area contributed by atoms with Crippen molar-refractivity contribution >= 4 is 11.8 Å². The van der Waals surface area contributed by atoms with Crippen LogP contribution in [0.25, 0.3) is 0 Å². The minimum absolute atomic E-state index is 0.00530. The van der Waals surface area contributed by atoms with Crippen LogP contribution in [0.4, 0.5) is 4.39 Å². The summed E-state index contributed by atoms with van der Waals surface area (Å²) in [5.74, 6) is 0.517. The normalized spacial score (nSPS) is 13.0. The first kappa shape index (κ1) is 27.2. The maximum Gasteiger partial charge on any atom is 0.243 e. The summed E-state index contributed by atoms with van der Waals surface area (Å²) in [5, 5.41) is 2.99. The lowest BCUT2D eigenvalue weighted by molar-refractivity contribution is -0.141. The van der Waals surface area contributed by atoms with Crippen molar-refractivity contribution in [1.82, 2.24) is 10.2 Å². The third kappa shape index (κ3) is 7.34. The first-order valence-electron chi connectivity index (χ1n) is 13.3. The second-order valence-electron chi connectivity index (χ2n) is 9.44. The van der Waals surface area contributed by atoms with Crippen LogP contribution >= 0.6 is 0 Å². The Bertz CT molecular complexity index is 1220. The molecule has 200 valence electrons. The molecule has 1 heterocycles. The van der Waals surface area contributed by atoms with Gasteiger partial charge in [-0.2, -0.15) is 0 Å². The van der Waals surface area contributed by atoms with Crippen molar-refractivity contribution in [3.05, 3.63) is 95.3 Å². The summed E-state index contributed by atoms with van der Waals surface area (Å²) in [6.07, 6.45) is 2.75. The van der Waals surface area contributed by atoms with Gasteiger partial charge in [-0.1, -0.05) is 67.9 Å². The first-order chi connectivity index (χ1) is 18.5. The van der Waals surface area contributed by atoms with E-state index in [-0.39, 0.29) is 24.8 Å². The van der Waals surface area contributed by atoms with Gasteiger partial charge in [-0.15, -0.1) is 0 Å². The number of rotatable bonds is 12. The highest BCUT2D eigenvalue weighted by molar-refractivity contribution is 5.88. The number of hydrogen-bond acceptors (Lipinski definition) is 4. The summed E-state index contributed by atoms with van der Waals surface area (Å²) in [5.41, 5.74) is 2.24. The molecule has 0 aliphatic carbocycles. The van der Waals surface area contributed by atoms with Crippen LogP contribution < -0.4 is 14.8 Å². The highest BCUT2D eigenvalue weighted by Gasteiger charge is 2.30. The van der Waals surface area contributed by atoms with Gasteiger partial charge in [0.1, 0.15) is 25.1 Å².